The lowest BCUT2D eigenvalue weighted by Crippen LogP contribution is -2.57. The summed E-state index contributed by atoms with van der Waals surface area (Å²) in [6, 6.07) is 1.17. The number of rotatable bonds is 4. The Balaban J connectivity index is 1.61. The van der Waals surface area contributed by atoms with E-state index in [1.807, 2.05) is 0 Å². The lowest BCUT2D eigenvalue weighted by molar-refractivity contribution is -0.298. The molecule has 1 aromatic heterocycles. The van der Waals surface area contributed by atoms with E-state index >= 15 is 0 Å². The van der Waals surface area contributed by atoms with Crippen molar-refractivity contribution in [2.24, 2.45) is 0 Å². The van der Waals surface area contributed by atoms with Crippen molar-refractivity contribution in [2.45, 2.75) is 62.5 Å². The average Bonchev–Trinajstić information content (AvgIpc) is 2.95. The number of aromatic amines is 1. The lowest BCUT2D eigenvalue weighted by Gasteiger charge is -2.39. The van der Waals surface area contributed by atoms with Crippen LogP contribution >= 0.6 is 0 Å². The van der Waals surface area contributed by atoms with Crippen LogP contribution in [0.5, 0.6) is 0 Å². The zero-order valence-corrected chi connectivity index (χ0v) is 14.0. The number of nitrogens with one attached hydrogen (secondary N) is 1. The van der Waals surface area contributed by atoms with Gasteiger partial charge < -0.3 is 34.6 Å². The zero-order chi connectivity index (χ0) is 19.0. The highest BCUT2D eigenvalue weighted by molar-refractivity contribution is 4.90. The van der Waals surface area contributed by atoms with Crippen LogP contribution in [-0.2, 0) is 14.2 Å². The highest BCUT2D eigenvalue weighted by Crippen LogP contribution is 2.29. The Kier molecular flexibility index (Phi) is 5.58. The number of ether oxygens (including phenoxy) is 3. The Labute approximate surface area is 147 Å². The number of H-pyrrole nitrogens is 1. The van der Waals surface area contributed by atoms with Crippen LogP contribution in [0.15, 0.2) is 21.9 Å². The van der Waals surface area contributed by atoms with Gasteiger partial charge in [0.15, 0.2) is 6.29 Å². The molecule has 11 nitrogen and oxygen atoms in total. The van der Waals surface area contributed by atoms with Crippen molar-refractivity contribution in [1.82, 2.24) is 9.55 Å². The van der Waals surface area contributed by atoms with Gasteiger partial charge in [-0.15, -0.1) is 0 Å². The van der Waals surface area contributed by atoms with E-state index in [2.05, 4.69) is 4.98 Å². The highest BCUT2D eigenvalue weighted by Gasteiger charge is 2.43. The third-order valence-corrected chi connectivity index (χ3v) is 4.60. The Hall–Kier alpha value is -1.60. The van der Waals surface area contributed by atoms with E-state index < -0.39 is 60.4 Å². The van der Waals surface area contributed by atoms with Crippen LogP contribution in [0.25, 0.3) is 0 Å². The van der Waals surface area contributed by atoms with Gasteiger partial charge in [-0.3, -0.25) is 14.3 Å². The van der Waals surface area contributed by atoms with Crippen LogP contribution in [-0.4, -0.2) is 79.5 Å². The smallest absolute Gasteiger partial charge is 0.330 e. The summed E-state index contributed by atoms with van der Waals surface area (Å²) in [7, 11) is 0. The molecule has 2 saturated heterocycles. The van der Waals surface area contributed by atoms with Crippen molar-refractivity contribution in [3.05, 3.63) is 33.1 Å². The van der Waals surface area contributed by atoms with Crippen molar-refractivity contribution in [1.29, 1.82) is 0 Å². The molecule has 0 aromatic carbocycles. The molecule has 3 rings (SSSR count). The van der Waals surface area contributed by atoms with E-state index in [1.54, 1.807) is 0 Å². The molecule has 0 radical (unpaired) electrons. The minimum absolute atomic E-state index is 0.103. The summed E-state index contributed by atoms with van der Waals surface area (Å²) < 4.78 is 17.5. The van der Waals surface area contributed by atoms with E-state index in [1.165, 1.54) is 19.2 Å². The van der Waals surface area contributed by atoms with Gasteiger partial charge in [0, 0.05) is 18.7 Å². The number of nitrogens with zero attached hydrogens (tertiary/aromatic N) is 1. The molecule has 5 N–H and O–H groups in total. The molecular formula is C15H22N2O9. The van der Waals surface area contributed by atoms with Crippen molar-refractivity contribution in [2.75, 3.05) is 6.61 Å². The highest BCUT2D eigenvalue weighted by atomic mass is 16.7. The van der Waals surface area contributed by atoms with E-state index in [0.29, 0.717) is 0 Å². The van der Waals surface area contributed by atoms with Gasteiger partial charge in [-0.2, -0.15) is 0 Å². The summed E-state index contributed by atoms with van der Waals surface area (Å²) in [6.07, 6.45) is -7.25. The van der Waals surface area contributed by atoms with Crippen molar-refractivity contribution in [3.8, 4) is 0 Å². The fourth-order valence-corrected chi connectivity index (χ4v) is 3.03. The quantitative estimate of drug-likeness (QED) is 0.370. The predicted octanol–water partition coefficient (Wildman–Crippen LogP) is -2.97. The van der Waals surface area contributed by atoms with E-state index in [4.69, 9.17) is 14.2 Å². The molecule has 0 bridgehead atoms. The number of aliphatic hydroxyl groups is 4. The van der Waals surface area contributed by atoms with Crippen molar-refractivity contribution >= 4 is 0 Å². The molecule has 2 fully saturated rings. The average molecular weight is 374 g/mol. The molecular weight excluding hydrogens is 352 g/mol. The molecule has 3 heterocycles. The normalized spacial score (nSPS) is 40.7. The second-order valence-corrected chi connectivity index (χ2v) is 6.46. The first-order chi connectivity index (χ1) is 12.3. The summed E-state index contributed by atoms with van der Waals surface area (Å²) in [5, 5.41) is 39.5. The van der Waals surface area contributed by atoms with Gasteiger partial charge in [-0.05, 0) is 6.92 Å². The van der Waals surface area contributed by atoms with Crippen LogP contribution in [0, 0.1) is 0 Å². The molecule has 1 aromatic rings. The number of aliphatic hydroxyl groups excluding tert-OH is 4. The molecule has 0 aliphatic carbocycles. The number of aromatic nitrogens is 2. The van der Waals surface area contributed by atoms with Gasteiger partial charge in [0.1, 0.15) is 30.6 Å². The molecule has 0 saturated carbocycles. The number of hydrogen-bond acceptors (Lipinski definition) is 9. The van der Waals surface area contributed by atoms with Crippen molar-refractivity contribution < 1.29 is 34.6 Å². The molecule has 0 spiro atoms. The molecule has 0 amide bonds. The topological polar surface area (TPSA) is 163 Å². The third kappa shape index (κ3) is 3.74. The maximum Gasteiger partial charge on any atom is 0.330 e. The third-order valence-electron chi connectivity index (χ3n) is 4.60. The lowest BCUT2D eigenvalue weighted by atomic mass is 10.00. The zero-order valence-electron chi connectivity index (χ0n) is 14.0. The van der Waals surface area contributed by atoms with Crippen LogP contribution < -0.4 is 11.2 Å². The summed E-state index contributed by atoms with van der Waals surface area (Å²) in [6.45, 7) is 1.35. The molecule has 2 aliphatic heterocycles. The predicted molar refractivity (Wildman–Crippen MR) is 84.2 cm³/mol. The first-order valence-electron chi connectivity index (χ1n) is 8.24. The molecule has 26 heavy (non-hydrogen) atoms. The van der Waals surface area contributed by atoms with Gasteiger partial charge in [0.05, 0.1) is 18.8 Å². The second-order valence-electron chi connectivity index (χ2n) is 6.46. The summed E-state index contributed by atoms with van der Waals surface area (Å²) >= 11 is 0. The van der Waals surface area contributed by atoms with Crippen LogP contribution in [0.1, 0.15) is 19.6 Å². The maximum absolute atomic E-state index is 11.8. The van der Waals surface area contributed by atoms with Crippen molar-refractivity contribution in [3.63, 3.8) is 0 Å². The Morgan fingerprint density at radius 2 is 1.92 bits per heavy atom. The minimum atomic E-state index is -1.46. The Bertz CT molecular complexity index is 734. The summed E-state index contributed by atoms with van der Waals surface area (Å²) in [5.74, 6) is 0. The molecule has 11 heteroatoms. The Morgan fingerprint density at radius 3 is 2.62 bits per heavy atom. The molecule has 146 valence electrons. The largest absolute Gasteiger partial charge is 0.390 e. The fourth-order valence-electron chi connectivity index (χ4n) is 3.03. The van der Waals surface area contributed by atoms with Gasteiger partial charge in [-0.25, -0.2) is 4.79 Å². The minimum Gasteiger partial charge on any atom is -0.390 e. The summed E-state index contributed by atoms with van der Waals surface area (Å²) in [4.78, 5) is 25.0. The second kappa shape index (κ2) is 7.56. The van der Waals surface area contributed by atoms with Crippen LogP contribution in [0.4, 0.5) is 0 Å². The van der Waals surface area contributed by atoms with Crippen LogP contribution in [0.2, 0.25) is 0 Å². The van der Waals surface area contributed by atoms with Gasteiger partial charge >= 0.3 is 5.69 Å². The first-order valence-corrected chi connectivity index (χ1v) is 8.24. The summed E-state index contributed by atoms with van der Waals surface area (Å²) in [5.41, 5.74) is -1.20. The van der Waals surface area contributed by atoms with Gasteiger partial charge in [0.25, 0.3) is 5.56 Å². The first kappa shape index (κ1) is 19.2. The van der Waals surface area contributed by atoms with E-state index in [9.17, 15) is 30.0 Å². The number of hydrogen-bond donors (Lipinski definition) is 5. The van der Waals surface area contributed by atoms with Crippen LogP contribution in [0.3, 0.4) is 0 Å². The molecule has 8 atom stereocenters. The van der Waals surface area contributed by atoms with E-state index in [0.717, 1.165) is 4.57 Å². The van der Waals surface area contributed by atoms with E-state index in [-0.39, 0.29) is 13.0 Å². The Morgan fingerprint density at radius 1 is 1.19 bits per heavy atom. The maximum atomic E-state index is 11.8. The molecule has 0 unspecified atom stereocenters. The van der Waals surface area contributed by atoms with Gasteiger partial charge in [0.2, 0.25) is 0 Å². The SMILES string of the molecule is C[C@@H]1O[C@H](OC[C@H]2O[C@@H](n3ccc(=O)[nH]c3=O)C[C@@H]2O)[C@@H](O)[C@H](O)[C@@H]1O. The standard InChI is InChI=1S/C15H22N2O9/c1-6-11(20)12(21)13(22)14(25-6)24-5-8-7(18)4-10(26-8)17-3-2-9(19)16-15(17)23/h2-3,6-8,10-14,18,20-22H,4-5H2,1H3,(H,16,19,23)/t6-,7-,8+,10+,11+,12+,13-,14-/m0/s1. The monoisotopic (exact) mass is 374 g/mol. The van der Waals surface area contributed by atoms with Gasteiger partial charge in [-0.1, -0.05) is 0 Å². The molecule has 2 aliphatic rings. The fraction of sp³-hybridized carbons (Fsp3) is 0.733.